The smallest absolute Gasteiger partial charge is 0.260 e. The number of rotatable bonds is 5. The van der Waals surface area contributed by atoms with Gasteiger partial charge in [-0.3, -0.25) is 9.20 Å². The first-order chi connectivity index (χ1) is 11.1. The van der Waals surface area contributed by atoms with Crippen molar-refractivity contribution in [3.63, 3.8) is 0 Å². The number of fused-ring (bicyclic) bond motifs is 1. The third-order valence-corrected chi connectivity index (χ3v) is 3.57. The summed E-state index contributed by atoms with van der Waals surface area (Å²) in [5, 5.41) is 8.20. The van der Waals surface area contributed by atoms with Gasteiger partial charge in [0.1, 0.15) is 5.75 Å². The summed E-state index contributed by atoms with van der Waals surface area (Å²) >= 11 is 0. The Morgan fingerprint density at radius 3 is 2.74 bits per heavy atom. The van der Waals surface area contributed by atoms with E-state index in [-0.39, 0.29) is 12.5 Å². The quantitative estimate of drug-likeness (QED) is 0.724. The molecule has 3 rings (SSSR count). The number of ether oxygens (including phenoxy) is 1. The molecule has 0 aliphatic rings. The molecule has 0 saturated carbocycles. The van der Waals surface area contributed by atoms with Crippen LogP contribution in [0.1, 0.15) is 11.4 Å². The Bertz CT molecular complexity index is 811. The lowest BCUT2D eigenvalue weighted by Crippen LogP contribution is -2.31. The first-order valence-corrected chi connectivity index (χ1v) is 7.35. The van der Waals surface area contributed by atoms with Crippen LogP contribution in [0.4, 0.5) is 0 Å². The van der Waals surface area contributed by atoms with E-state index in [4.69, 9.17) is 4.74 Å². The van der Waals surface area contributed by atoms with E-state index in [2.05, 4.69) is 10.2 Å². The number of benzene rings is 1. The number of pyridine rings is 1. The monoisotopic (exact) mass is 310 g/mol. The first kappa shape index (κ1) is 15.0. The Labute approximate surface area is 134 Å². The van der Waals surface area contributed by atoms with Crippen LogP contribution in [0, 0.1) is 6.92 Å². The molecule has 0 unspecified atom stereocenters. The van der Waals surface area contributed by atoms with Gasteiger partial charge in [0.05, 0.1) is 6.54 Å². The van der Waals surface area contributed by atoms with Crippen molar-refractivity contribution in [2.45, 2.75) is 13.5 Å². The largest absolute Gasteiger partial charge is 0.484 e. The highest BCUT2D eigenvalue weighted by Gasteiger charge is 2.13. The zero-order valence-corrected chi connectivity index (χ0v) is 13.1. The number of carbonyl (C=O) groups is 1. The van der Waals surface area contributed by atoms with Crippen molar-refractivity contribution >= 4 is 11.6 Å². The van der Waals surface area contributed by atoms with Gasteiger partial charge >= 0.3 is 0 Å². The Morgan fingerprint density at radius 2 is 1.96 bits per heavy atom. The van der Waals surface area contributed by atoms with E-state index in [9.17, 15) is 4.79 Å². The van der Waals surface area contributed by atoms with E-state index >= 15 is 0 Å². The highest BCUT2D eigenvalue weighted by Crippen LogP contribution is 2.11. The summed E-state index contributed by atoms with van der Waals surface area (Å²) in [6, 6.07) is 13.3. The SMILES string of the molecule is Cc1ccc(OCC(=O)N(C)Cc2nnc3ccccn23)cc1. The van der Waals surface area contributed by atoms with E-state index < -0.39 is 0 Å². The second kappa shape index (κ2) is 6.48. The average molecular weight is 310 g/mol. The van der Waals surface area contributed by atoms with Crippen molar-refractivity contribution in [1.29, 1.82) is 0 Å². The molecule has 0 saturated heterocycles. The third kappa shape index (κ3) is 3.48. The lowest BCUT2D eigenvalue weighted by Gasteiger charge is -2.16. The fourth-order valence-corrected chi connectivity index (χ4v) is 2.19. The Balaban J connectivity index is 1.60. The minimum atomic E-state index is -0.113. The van der Waals surface area contributed by atoms with Crippen LogP contribution in [0.25, 0.3) is 5.65 Å². The van der Waals surface area contributed by atoms with Crippen molar-refractivity contribution in [2.24, 2.45) is 0 Å². The number of aryl methyl sites for hydroxylation is 1. The van der Waals surface area contributed by atoms with Crippen LogP contribution < -0.4 is 4.74 Å². The highest BCUT2D eigenvalue weighted by molar-refractivity contribution is 5.77. The standard InChI is InChI=1S/C17H18N4O2/c1-13-6-8-14(9-7-13)23-12-17(22)20(2)11-16-19-18-15-5-3-4-10-21(15)16/h3-10H,11-12H2,1-2H3. The molecule has 2 heterocycles. The zero-order chi connectivity index (χ0) is 16.2. The molecule has 1 aromatic carbocycles. The molecule has 2 aromatic heterocycles. The van der Waals surface area contributed by atoms with Crippen LogP contribution in [-0.4, -0.2) is 39.1 Å². The van der Waals surface area contributed by atoms with Gasteiger partial charge in [0.2, 0.25) is 0 Å². The van der Waals surface area contributed by atoms with Crippen molar-refractivity contribution < 1.29 is 9.53 Å². The number of likely N-dealkylation sites (N-methyl/N-ethyl adjacent to an activating group) is 1. The molecule has 1 amide bonds. The molecule has 0 bridgehead atoms. The molecule has 0 aliphatic carbocycles. The molecule has 3 aromatic rings. The van der Waals surface area contributed by atoms with Crippen LogP contribution in [0.15, 0.2) is 48.7 Å². The zero-order valence-electron chi connectivity index (χ0n) is 13.1. The molecular formula is C17H18N4O2. The molecule has 0 aliphatic heterocycles. The molecule has 118 valence electrons. The molecule has 0 N–H and O–H groups in total. The van der Waals surface area contributed by atoms with Gasteiger partial charge in [-0.25, -0.2) is 0 Å². The van der Waals surface area contributed by atoms with Crippen LogP contribution in [0.5, 0.6) is 5.75 Å². The van der Waals surface area contributed by atoms with Crippen molar-refractivity contribution in [1.82, 2.24) is 19.5 Å². The Morgan fingerprint density at radius 1 is 1.17 bits per heavy atom. The fraction of sp³-hybridized carbons (Fsp3) is 0.235. The lowest BCUT2D eigenvalue weighted by atomic mass is 10.2. The van der Waals surface area contributed by atoms with E-state index in [0.29, 0.717) is 18.1 Å². The van der Waals surface area contributed by atoms with Gasteiger partial charge in [-0.1, -0.05) is 23.8 Å². The molecule has 23 heavy (non-hydrogen) atoms. The molecule has 0 radical (unpaired) electrons. The maximum atomic E-state index is 12.2. The molecule has 6 heteroatoms. The van der Waals surface area contributed by atoms with Gasteiger partial charge in [-0.15, -0.1) is 10.2 Å². The molecule has 0 spiro atoms. The van der Waals surface area contributed by atoms with Crippen LogP contribution in [0.2, 0.25) is 0 Å². The second-order valence-corrected chi connectivity index (χ2v) is 5.40. The average Bonchev–Trinajstić information content (AvgIpc) is 2.97. The van der Waals surface area contributed by atoms with Gasteiger partial charge in [-0.05, 0) is 31.2 Å². The molecule has 6 nitrogen and oxygen atoms in total. The van der Waals surface area contributed by atoms with Crippen LogP contribution in [-0.2, 0) is 11.3 Å². The van der Waals surface area contributed by atoms with Gasteiger partial charge < -0.3 is 9.64 Å². The van der Waals surface area contributed by atoms with Gasteiger partial charge in [0.25, 0.3) is 5.91 Å². The van der Waals surface area contributed by atoms with Crippen molar-refractivity contribution in [3.05, 3.63) is 60.0 Å². The Hall–Kier alpha value is -2.89. The first-order valence-electron chi connectivity index (χ1n) is 7.35. The number of carbonyl (C=O) groups excluding carboxylic acids is 1. The third-order valence-electron chi connectivity index (χ3n) is 3.57. The summed E-state index contributed by atoms with van der Waals surface area (Å²) in [6.45, 7) is 2.38. The number of amides is 1. The summed E-state index contributed by atoms with van der Waals surface area (Å²) in [5.74, 6) is 1.29. The van der Waals surface area contributed by atoms with E-state index in [1.54, 1.807) is 11.9 Å². The topological polar surface area (TPSA) is 59.7 Å². The molecular weight excluding hydrogens is 292 g/mol. The normalized spacial score (nSPS) is 10.7. The van der Waals surface area contributed by atoms with Crippen molar-refractivity contribution in [3.8, 4) is 5.75 Å². The summed E-state index contributed by atoms with van der Waals surface area (Å²) in [6.07, 6.45) is 1.88. The predicted octanol–water partition coefficient (Wildman–Crippen LogP) is 2.08. The van der Waals surface area contributed by atoms with Gasteiger partial charge in [0, 0.05) is 13.2 Å². The minimum absolute atomic E-state index is 0.00367. The molecule has 0 atom stereocenters. The summed E-state index contributed by atoms with van der Waals surface area (Å²) in [4.78, 5) is 13.8. The van der Waals surface area contributed by atoms with E-state index in [1.165, 1.54) is 0 Å². The van der Waals surface area contributed by atoms with Gasteiger partial charge in [-0.2, -0.15) is 0 Å². The van der Waals surface area contributed by atoms with Crippen molar-refractivity contribution in [2.75, 3.05) is 13.7 Å². The highest BCUT2D eigenvalue weighted by atomic mass is 16.5. The van der Waals surface area contributed by atoms with Crippen LogP contribution in [0.3, 0.4) is 0 Å². The van der Waals surface area contributed by atoms with Gasteiger partial charge in [0.15, 0.2) is 18.1 Å². The maximum Gasteiger partial charge on any atom is 0.260 e. The summed E-state index contributed by atoms with van der Waals surface area (Å²) < 4.78 is 7.38. The predicted molar refractivity (Wildman–Crippen MR) is 86.1 cm³/mol. The number of aromatic nitrogens is 3. The maximum absolute atomic E-state index is 12.2. The van der Waals surface area contributed by atoms with Crippen LogP contribution >= 0.6 is 0 Å². The Kier molecular flexibility index (Phi) is 4.23. The summed E-state index contributed by atoms with van der Waals surface area (Å²) in [5.41, 5.74) is 1.92. The van der Waals surface area contributed by atoms with E-state index in [0.717, 1.165) is 11.2 Å². The number of nitrogens with zero attached hydrogens (tertiary/aromatic N) is 4. The van der Waals surface area contributed by atoms with E-state index in [1.807, 2.05) is 60.0 Å². The molecule has 0 fully saturated rings. The fourth-order valence-electron chi connectivity index (χ4n) is 2.19. The lowest BCUT2D eigenvalue weighted by molar-refractivity contribution is -0.132. The minimum Gasteiger partial charge on any atom is -0.484 e. The summed E-state index contributed by atoms with van der Waals surface area (Å²) in [7, 11) is 1.73. The second-order valence-electron chi connectivity index (χ2n) is 5.40. The number of hydrogen-bond acceptors (Lipinski definition) is 4. The number of hydrogen-bond donors (Lipinski definition) is 0.